The number of thiophene rings is 1. The molecule has 0 radical (unpaired) electrons. The standard InChI is InChI=1S/C11H11IN2S/c1-13-11(8-3-2-4-14-6-8)9-5-10(12)15-7-9/h2-7,11,13H,1H3. The fourth-order valence-corrected chi connectivity index (χ4v) is 2.95. The Morgan fingerprint density at radius 3 is 2.87 bits per heavy atom. The minimum Gasteiger partial charge on any atom is -0.309 e. The van der Waals surface area contributed by atoms with Crippen molar-refractivity contribution < 1.29 is 0 Å². The van der Waals surface area contributed by atoms with Gasteiger partial charge in [-0.2, -0.15) is 0 Å². The number of hydrogen-bond donors (Lipinski definition) is 1. The lowest BCUT2D eigenvalue weighted by Gasteiger charge is -2.14. The van der Waals surface area contributed by atoms with Gasteiger partial charge in [-0.05, 0) is 58.3 Å². The van der Waals surface area contributed by atoms with E-state index in [4.69, 9.17) is 0 Å². The Hall–Kier alpha value is -0.460. The molecular weight excluding hydrogens is 319 g/mol. The van der Waals surface area contributed by atoms with Gasteiger partial charge in [0.1, 0.15) is 0 Å². The van der Waals surface area contributed by atoms with Crippen LogP contribution in [0.5, 0.6) is 0 Å². The average Bonchev–Trinajstić information content (AvgIpc) is 2.68. The number of halogens is 1. The highest BCUT2D eigenvalue weighted by Gasteiger charge is 2.12. The summed E-state index contributed by atoms with van der Waals surface area (Å²) in [6.45, 7) is 0. The van der Waals surface area contributed by atoms with Crippen molar-refractivity contribution in [1.82, 2.24) is 10.3 Å². The van der Waals surface area contributed by atoms with Crippen LogP contribution in [-0.2, 0) is 0 Å². The third-order valence-electron chi connectivity index (χ3n) is 2.23. The molecule has 2 rings (SSSR count). The number of hydrogen-bond acceptors (Lipinski definition) is 3. The van der Waals surface area contributed by atoms with Crippen molar-refractivity contribution in [2.24, 2.45) is 0 Å². The highest BCUT2D eigenvalue weighted by molar-refractivity contribution is 14.1. The van der Waals surface area contributed by atoms with E-state index in [1.54, 1.807) is 17.5 Å². The lowest BCUT2D eigenvalue weighted by molar-refractivity contribution is 0.691. The molecule has 0 amide bonds. The average molecular weight is 330 g/mol. The van der Waals surface area contributed by atoms with Gasteiger partial charge in [-0.3, -0.25) is 4.98 Å². The van der Waals surface area contributed by atoms with Crippen LogP contribution in [0.15, 0.2) is 36.0 Å². The zero-order valence-corrected chi connectivity index (χ0v) is 11.2. The maximum absolute atomic E-state index is 4.15. The zero-order valence-electron chi connectivity index (χ0n) is 8.27. The molecular formula is C11H11IN2S. The molecule has 0 aromatic carbocycles. The molecule has 0 spiro atoms. The predicted octanol–water partition coefficient (Wildman–Crippen LogP) is 3.06. The second kappa shape index (κ2) is 5.05. The van der Waals surface area contributed by atoms with Gasteiger partial charge in [0.05, 0.1) is 8.93 Å². The Kier molecular flexibility index (Phi) is 3.71. The van der Waals surface area contributed by atoms with Crippen LogP contribution in [0.4, 0.5) is 0 Å². The minimum atomic E-state index is 0.249. The van der Waals surface area contributed by atoms with Crippen LogP contribution in [0.25, 0.3) is 0 Å². The lowest BCUT2D eigenvalue weighted by Crippen LogP contribution is -2.16. The van der Waals surface area contributed by atoms with E-state index in [0.717, 1.165) is 0 Å². The van der Waals surface area contributed by atoms with Gasteiger partial charge in [-0.15, -0.1) is 11.3 Å². The van der Waals surface area contributed by atoms with Crippen LogP contribution in [0.1, 0.15) is 17.2 Å². The molecule has 15 heavy (non-hydrogen) atoms. The molecule has 0 fully saturated rings. The second-order valence-electron chi connectivity index (χ2n) is 3.19. The van der Waals surface area contributed by atoms with Crippen molar-refractivity contribution in [3.8, 4) is 0 Å². The molecule has 1 N–H and O–H groups in total. The Balaban J connectivity index is 2.33. The summed E-state index contributed by atoms with van der Waals surface area (Å²) < 4.78 is 1.31. The monoisotopic (exact) mass is 330 g/mol. The van der Waals surface area contributed by atoms with E-state index in [1.165, 1.54) is 14.0 Å². The lowest BCUT2D eigenvalue weighted by atomic mass is 10.0. The molecule has 2 nitrogen and oxygen atoms in total. The molecule has 1 atom stereocenters. The van der Waals surface area contributed by atoms with Gasteiger partial charge < -0.3 is 5.32 Å². The molecule has 0 aliphatic rings. The van der Waals surface area contributed by atoms with Crippen molar-refractivity contribution in [1.29, 1.82) is 0 Å². The van der Waals surface area contributed by atoms with E-state index in [0.29, 0.717) is 0 Å². The normalized spacial score (nSPS) is 12.7. The van der Waals surface area contributed by atoms with Crippen LogP contribution >= 0.6 is 33.9 Å². The van der Waals surface area contributed by atoms with E-state index < -0.39 is 0 Å². The van der Waals surface area contributed by atoms with E-state index in [-0.39, 0.29) is 6.04 Å². The Morgan fingerprint density at radius 2 is 2.33 bits per heavy atom. The van der Waals surface area contributed by atoms with Crippen molar-refractivity contribution in [2.45, 2.75) is 6.04 Å². The van der Waals surface area contributed by atoms with Crippen molar-refractivity contribution >= 4 is 33.9 Å². The molecule has 0 saturated heterocycles. The first kappa shape index (κ1) is 11.0. The van der Waals surface area contributed by atoms with E-state index in [1.807, 2.05) is 19.3 Å². The summed E-state index contributed by atoms with van der Waals surface area (Å²) in [7, 11) is 1.97. The Labute approximate surface area is 107 Å². The Bertz CT molecular complexity index is 427. The summed E-state index contributed by atoms with van der Waals surface area (Å²) in [5.74, 6) is 0. The maximum Gasteiger partial charge on any atom is 0.0656 e. The van der Waals surface area contributed by atoms with Crippen LogP contribution in [0.3, 0.4) is 0 Å². The summed E-state index contributed by atoms with van der Waals surface area (Å²) in [6, 6.07) is 6.52. The topological polar surface area (TPSA) is 24.9 Å². The number of rotatable bonds is 3. The summed E-state index contributed by atoms with van der Waals surface area (Å²) in [5, 5.41) is 5.50. The van der Waals surface area contributed by atoms with Crippen molar-refractivity contribution in [3.63, 3.8) is 0 Å². The quantitative estimate of drug-likeness (QED) is 0.875. The molecule has 0 aliphatic carbocycles. The highest BCUT2D eigenvalue weighted by atomic mass is 127. The number of aromatic nitrogens is 1. The molecule has 78 valence electrons. The molecule has 0 saturated carbocycles. The number of nitrogens with one attached hydrogen (secondary N) is 1. The third-order valence-corrected chi connectivity index (χ3v) is 4.03. The molecule has 4 heteroatoms. The largest absolute Gasteiger partial charge is 0.309 e. The van der Waals surface area contributed by atoms with Crippen LogP contribution in [-0.4, -0.2) is 12.0 Å². The molecule has 0 bridgehead atoms. The molecule has 2 heterocycles. The Morgan fingerprint density at radius 1 is 1.47 bits per heavy atom. The van der Waals surface area contributed by atoms with Gasteiger partial charge in [-0.1, -0.05) is 6.07 Å². The first-order chi connectivity index (χ1) is 7.31. The molecule has 0 aliphatic heterocycles. The third kappa shape index (κ3) is 2.56. The summed E-state index contributed by atoms with van der Waals surface area (Å²) in [4.78, 5) is 4.15. The smallest absolute Gasteiger partial charge is 0.0656 e. The summed E-state index contributed by atoms with van der Waals surface area (Å²) in [6.07, 6.45) is 3.71. The van der Waals surface area contributed by atoms with E-state index in [9.17, 15) is 0 Å². The van der Waals surface area contributed by atoms with Gasteiger partial charge >= 0.3 is 0 Å². The van der Waals surface area contributed by atoms with Crippen LogP contribution < -0.4 is 5.32 Å². The molecule has 2 aromatic heterocycles. The summed E-state index contributed by atoms with van der Waals surface area (Å²) in [5.41, 5.74) is 2.51. The maximum atomic E-state index is 4.15. The van der Waals surface area contributed by atoms with Crippen molar-refractivity contribution in [3.05, 3.63) is 50.0 Å². The second-order valence-corrected chi connectivity index (χ2v) is 6.00. The van der Waals surface area contributed by atoms with E-state index in [2.05, 4.69) is 50.4 Å². The number of nitrogens with zero attached hydrogens (tertiary/aromatic N) is 1. The van der Waals surface area contributed by atoms with Crippen molar-refractivity contribution in [2.75, 3.05) is 7.05 Å². The fourth-order valence-electron chi connectivity index (χ4n) is 1.55. The van der Waals surface area contributed by atoms with Gasteiger partial charge in [0, 0.05) is 12.4 Å². The fraction of sp³-hybridized carbons (Fsp3) is 0.182. The SMILES string of the molecule is CNC(c1cccnc1)c1csc(I)c1. The highest BCUT2D eigenvalue weighted by Crippen LogP contribution is 2.26. The molecule has 1 unspecified atom stereocenters. The first-order valence-corrected chi connectivity index (χ1v) is 6.58. The van der Waals surface area contributed by atoms with Gasteiger partial charge in [0.25, 0.3) is 0 Å². The van der Waals surface area contributed by atoms with Crippen LogP contribution in [0, 0.1) is 2.88 Å². The predicted molar refractivity (Wildman–Crippen MR) is 72.2 cm³/mol. The summed E-state index contributed by atoms with van der Waals surface area (Å²) >= 11 is 4.11. The van der Waals surface area contributed by atoms with E-state index >= 15 is 0 Å². The first-order valence-electron chi connectivity index (χ1n) is 4.62. The number of pyridine rings is 1. The van der Waals surface area contributed by atoms with Crippen LogP contribution in [0.2, 0.25) is 0 Å². The minimum absolute atomic E-state index is 0.249. The molecule has 2 aromatic rings. The van der Waals surface area contributed by atoms with Gasteiger partial charge in [0.2, 0.25) is 0 Å². The van der Waals surface area contributed by atoms with Gasteiger partial charge in [0.15, 0.2) is 0 Å². The van der Waals surface area contributed by atoms with Gasteiger partial charge in [-0.25, -0.2) is 0 Å². The zero-order chi connectivity index (χ0) is 10.7.